The van der Waals surface area contributed by atoms with Gasteiger partial charge in [-0.2, -0.15) is 0 Å². The van der Waals surface area contributed by atoms with E-state index < -0.39 is 0 Å². The Bertz CT molecular complexity index is 542. The monoisotopic (exact) mass is 280 g/mol. The summed E-state index contributed by atoms with van der Waals surface area (Å²) in [5.74, 6) is 3.01. The van der Waals surface area contributed by atoms with E-state index in [-0.39, 0.29) is 0 Å². The minimum atomic E-state index is 0.528. The summed E-state index contributed by atoms with van der Waals surface area (Å²) in [6.45, 7) is 2.28. The molecular formula is C11H13BrN4. The third kappa shape index (κ3) is 1.34. The summed E-state index contributed by atoms with van der Waals surface area (Å²) in [7, 11) is 0. The van der Waals surface area contributed by atoms with Crippen LogP contribution in [0.25, 0.3) is 5.52 Å². The van der Waals surface area contributed by atoms with Crippen molar-refractivity contribution in [1.82, 2.24) is 14.4 Å². The zero-order valence-corrected chi connectivity index (χ0v) is 10.6. The molecule has 0 bridgehead atoms. The molecule has 16 heavy (non-hydrogen) atoms. The number of nitrogens with two attached hydrogens (primary N) is 1. The molecule has 3 rings (SSSR count). The minimum absolute atomic E-state index is 0.528. The number of nitrogens with zero attached hydrogens (tertiary/aromatic N) is 3. The molecule has 2 aromatic heterocycles. The molecule has 0 atom stereocenters. The van der Waals surface area contributed by atoms with Crippen molar-refractivity contribution in [2.75, 3.05) is 5.73 Å². The summed E-state index contributed by atoms with van der Waals surface area (Å²) in [6.07, 6.45) is 6.09. The van der Waals surface area contributed by atoms with Gasteiger partial charge < -0.3 is 5.73 Å². The molecule has 84 valence electrons. The summed E-state index contributed by atoms with van der Waals surface area (Å²) < 4.78 is 2.86. The predicted molar refractivity (Wildman–Crippen MR) is 66.2 cm³/mol. The number of hydrogen-bond donors (Lipinski definition) is 1. The van der Waals surface area contributed by atoms with Crippen LogP contribution in [0, 0.1) is 5.92 Å². The second-order valence-electron chi connectivity index (χ2n) is 4.57. The van der Waals surface area contributed by atoms with Crippen LogP contribution in [0.1, 0.15) is 31.5 Å². The maximum atomic E-state index is 5.86. The summed E-state index contributed by atoms with van der Waals surface area (Å²) >= 11 is 3.45. The van der Waals surface area contributed by atoms with E-state index in [2.05, 4.69) is 37.2 Å². The van der Waals surface area contributed by atoms with E-state index >= 15 is 0 Å². The van der Waals surface area contributed by atoms with Crippen molar-refractivity contribution in [2.24, 2.45) is 5.92 Å². The topological polar surface area (TPSA) is 56.2 Å². The highest BCUT2D eigenvalue weighted by Crippen LogP contribution is 2.41. The van der Waals surface area contributed by atoms with E-state index in [9.17, 15) is 0 Å². The van der Waals surface area contributed by atoms with Gasteiger partial charge in [-0.15, -0.1) is 0 Å². The number of halogens is 1. The molecule has 5 heteroatoms. The fraction of sp³-hybridized carbons (Fsp3) is 0.455. The van der Waals surface area contributed by atoms with E-state index in [0.29, 0.717) is 11.7 Å². The van der Waals surface area contributed by atoms with Gasteiger partial charge >= 0.3 is 0 Å². The number of aromatic nitrogens is 3. The Kier molecular flexibility index (Phi) is 2.17. The average molecular weight is 281 g/mol. The van der Waals surface area contributed by atoms with Crippen LogP contribution >= 0.6 is 15.9 Å². The predicted octanol–water partition coefficient (Wildman–Crippen LogP) is 2.59. The number of fused-ring (bicyclic) bond motifs is 1. The highest BCUT2D eigenvalue weighted by atomic mass is 79.9. The Balaban J connectivity index is 2.16. The van der Waals surface area contributed by atoms with Gasteiger partial charge in [0.1, 0.15) is 15.9 Å². The molecule has 1 saturated carbocycles. The third-order valence-electron chi connectivity index (χ3n) is 3.31. The van der Waals surface area contributed by atoms with Crippen molar-refractivity contribution >= 4 is 27.3 Å². The lowest BCUT2D eigenvalue weighted by Gasteiger charge is -2.31. The fourth-order valence-corrected chi connectivity index (χ4v) is 3.02. The second kappa shape index (κ2) is 3.45. The first-order chi connectivity index (χ1) is 7.66. The lowest BCUT2D eigenvalue weighted by molar-refractivity contribution is 0.277. The third-order valence-corrected chi connectivity index (χ3v) is 3.86. The zero-order valence-electron chi connectivity index (χ0n) is 9.02. The van der Waals surface area contributed by atoms with E-state index in [4.69, 9.17) is 5.73 Å². The molecule has 0 unspecified atom stereocenters. The van der Waals surface area contributed by atoms with Gasteiger partial charge in [0, 0.05) is 18.3 Å². The lowest BCUT2D eigenvalue weighted by atomic mass is 9.76. The molecule has 2 N–H and O–H groups in total. The number of imidazole rings is 1. The van der Waals surface area contributed by atoms with E-state index in [1.807, 2.05) is 6.20 Å². The summed E-state index contributed by atoms with van der Waals surface area (Å²) in [5, 5.41) is 0. The van der Waals surface area contributed by atoms with Crippen LogP contribution in [-0.4, -0.2) is 14.4 Å². The van der Waals surface area contributed by atoms with E-state index in [1.54, 1.807) is 6.20 Å². The molecule has 0 amide bonds. The molecule has 0 spiro atoms. The van der Waals surface area contributed by atoms with Gasteiger partial charge in [0.15, 0.2) is 5.82 Å². The van der Waals surface area contributed by atoms with Gasteiger partial charge in [0.05, 0.1) is 0 Å². The van der Waals surface area contributed by atoms with Crippen molar-refractivity contribution in [1.29, 1.82) is 0 Å². The fourth-order valence-electron chi connectivity index (χ4n) is 2.44. The Labute approximate surface area is 102 Å². The van der Waals surface area contributed by atoms with Crippen LogP contribution in [-0.2, 0) is 0 Å². The molecule has 0 saturated heterocycles. The number of anilines is 1. The SMILES string of the molecule is C[C@H]1C[C@H](c2nc(Br)c3c(N)nccn32)C1. The maximum Gasteiger partial charge on any atom is 0.150 e. The van der Waals surface area contributed by atoms with Crippen LogP contribution in [0.5, 0.6) is 0 Å². The van der Waals surface area contributed by atoms with Gasteiger partial charge in [-0.25, -0.2) is 9.97 Å². The van der Waals surface area contributed by atoms with Crippen molar-refractivity contribution < 1.29 is 0 Å². The van der Waals surface area contributed by atoms with Crippen LogP contribution in [0.2, 0.25) is 0 Å². The molecule has 0 aliphatic heterocycles. The van der Waals surface area contributed by atoms with E-state index in [1.165, 1.54) is 12.8 Å². The standard InChI is InChI=1S/C11H13BrN4/c1-6-4-7(5-6)11-15-9(12)8-10(13)14-2-3-16(8)11/h2-3,6-7H,4-5H2,1H3,(H2,13,14)/t6-,7-. The number of rotatable bonds is 1. The quantitative estimate of drug-likeness (QED) is 0.874. The first-order valence-electron chi connectivity index (χ1n) is 5.44. The Morgan fingerprint density at radius 1 is 1.50 bits per heavy atom. The number of nitrogen functional groups attached to an aromatic ring is 1. The number of hydrogen-bond acceptors (Lipinski definition) is 3. The first-order valence-corrected chi connectivity index (χ1v) is 6.24. The van der Waals surface area contributed by atoms with Gasteiger partial charge in [-0.1, -0.05) is 6.92 Å². The average Bonchev–Trinajstić information content (AvgIpc) is 2.53. The molecular weight excluding hydrogens is 268 g/mol. The Morgan fingerprint density at radius 3 is 2.94 bits per heavy atom. The Morgan fingerprint density at radius 2 is 2.25 bits per heavy atom. The molecule has 0 aromatic carbocycles. The first kappa shape index (κ1) is 10.1. The lowest BCUT2D eigenvalue weighted by Crippen LogP contribution is -2.21. The van der Waals surface area contributed by atoms with Gasteiger partial charge in [-0.05, 0) is 34.7 Å². The van der Waals surface area contributed by atoms with Crippen molar-refractivity contribution in [3.05, 3.63) is 22.8 Å². The van der Waals surface area contributed by atoms with Crippen LogP contribution in [0.4, 0.5) is 5.82 Å². The van der Waals surface area contributed by atoms with Crippen molar-refractivity contribution in [3.63, 3.8) is 0 Å². The van der Waals surface area contributed by atoms with Crippen LogP contribution < -0.4 is 5.73 Å². The summed E-state index contributed by atoms with van der Waals surface area (Å²) in [4.78, 5) is 8.65. The van der Waals surface area contributed by atoms with Gasteiger partial charge in [0.2, 0.25) is 0 Å². The Hall–Kier alpha value is -1.10. The molecule has 2 aromatic rings. The van der Waals surface area contributed by atoms with Crippen molar-refractivity contribution in [3.8, 4) is 0 Å². The molecule has 2 heterocycles. The van der Waals surface area contributed by atoms with Crippen LogP contribution in [0.3, 0.4) is 0 Å². The highest BCUT2D eigenvalue weighted by molar-refractivity contribution is 9.10. The highest BCUT2D eigenvalue weighted by Gasteiger charge is 2.31. The smallest absolute Gasteiger partial charge is 0.150 e. The van der Waals surface area contributed by atoms with E-state index in [0.717, 1.165) is 21.9 Å². The van der Waals surface area contributed by atoms with Gasteiger partial charge in [0.25, 0.3) is 0 Å². The zero-order chi connectivity index (χ0) is 11.3. The minimum Gasteiger partial charge on any atom is -0.382 e. The van der Waals surface area contributed by atoms with Crippen molar-refractivity contribution in [2.45, 2.75) is 25.7 Å². The van der Waals surface area contributed by atoms with Crippen LogP contribution in [0.15, 0.2) is 17.0 Å². The molecule has 1 aliphatic rings. The molecule has 1 fully saturated rings. The maximum absolute atomic E-state index is 5.86. The molecule has 0 radical (unpaired) electrons. The molecule has 4 nitrogen and oxygen atoms in total. The van der Waals surface area contributed by atoms with Gasteiger partial charge in [-0.3, -0.25) is 4.40 Å². The second-order valence-corrected chi connectivity index (χ2v) is 5.32. The summed E-state index contributed by atoms with van der Waals surface area (Å²) in [6, 6.07) is 0. The molecule has 1 aliphatic carbocycles. The summed E-state index contributed by atoms with van der Waals surface area (Å²) in [5.41, 5.74) is 6.74. The largest absolute Gasteiger partial charge is 0.382 e. The normalized spacial score (nSPS) is 24.6.